The van der Waals surface area contributed by atoms with Gasteiger partial charge in [-0.05, 0) is 56.3 Å². The van der Waals surface area contributed by atoms with Crippen LogP contribution in [0.25, 0.3) is 0 Å². The van der Waals surface area contributed by atoms with Crippen LogP contribution in [-0.4, -0.2) is 27.3 Å². The quantitative estimate of drug-likeness (QED) is 0.168. The molecule has 1 aromatic heterocycles. The van der Waals surface area contributed by atoms with Gasteiger partial charge in [0.05, 0.1) is 5.56 Å². The minimum Gasteiger partial charge on any atom is -0.296 e. The molecule has 1 fully saturated rings. The monoisotopic (exact) mass is 537 g/mol. The highest BCUT2D eigenvalue weighted by Crippen LogP contribution is 2.37. The van der Waals surface area contributed by atoms with Crippen molar-refractivity contribution in [2.45, 2.75) is 95.8 Å². The minimum absolute atomic E-state index is 0.0202. The van der Waals surface area contributed by atoms with Gasteiger partial charge < -0.3 is 0 Å². The fourth-order valence-electron chi connectivity index (χ4n) is 4.67. The summed E-state index contributed by atoms with van der Waals surface area (Å²) in [5.74, 6) is -0.685. The van der Waals surface area contributed by atoms with Crippen molar-refractivity contribution in [3.05, 3.63) is 51.6 Å². The van der Waals surface area contributed by atoms with E-state index in [1.54, 1.807) is 0 Å². The van der Waals surface area contributed by atoms with Crippen molar-refractivity contribution in [2.75, 3.05) is 6.54 Å². The van der Waals surface area contributed by atoms with Crippen LogP contribution < -0.4 is 0 Å². The first-order valence-electron chi connectivity index (χ1n) is 12.7. The van der Waals surface area contributed by atoms with Crippen molar-refractivity contribution in [1.29, 1.82) is 0 Å². The first-order chi connectivity index (χ1) is 17.1. The van der Waals surface area contributed by atoms with Gasteiger partial charge in [0.15, 0.2) is 0 Å². The van der Waals surface area contributed by atoms with E-state index in [9.17, 15) is 26.3 Å². The molecule has 1 saturated carbocycles. The maximum Gasteiger partial charge on any atom is 0.416 e. The van der Waals surface area contributed by atoms with Crippen LogP contribution in [0.2, 0.25) is 5.02 Å². The Morgan fingerprint density at radius 1 is 1.00 bits per heavy atom. The zero-order valence-corrected chi connectivity index (χ0v) is 21.3. The Kier molecular flexibility index (Phi) is 10.5. The van der Waals surface area contributed by atoms with Gasteiger partial charge in [0.25, 0.3) is 6.43 Å². The number of hydrogen-bond donors (Lipinski definition) is 0. The fourth-order valence-corrected chi connectivity index (χ4v) is 4.90. The van der Waals surface area contributed by atoms with Crippen LogP contribution in [-0.2, 0) is 26.2 Å². The topological polar surface area (TPSA) is 21.1 Å². The molecule has 1 heterocycles. The van der Waals surface area contributed by atoms with E-state index in [-0.39, 0.29) is 29.1 Å². The van der Waals surface area contributed by atoms with E-state index in [0.29, 0.717) is 12.5 Å². The van der Waals surface area contributed by atoms with Gasteiger partial charge in [-0.25, -0.2) is 13.5 Å². The number of aryl methyl sites for hydroxylation is 1. The predicted octanol–water partition coefficient (Wildman–Crippen LogP) is 8.50. The molecule has 3 rings (SSSR count). The third kappa shape index (κ3) is 8.13. The number of alkyl halides is 5. The summed E-state index contributed by atoms with van der Waals surface area (Å²) in [4.78, 5) is 2.13. The number of nitrogens with zero attached hydrogens (tertiary/aromatic N) is 3. The number of benzene rings is 1. The van der Waals surface area contributed by atoms with Gasteiger partial charge >= 0.3 is 6.18 Å². The molecule has 36 heavy (non-hydrogen) atoms. The summed E-state index contributed by atoms with van der Waals surface area (Å²) >= 11 is 6.14. The van der Waals surface area contributed by atoms with E-state index in [1.807, 2.05) is 0 Å². The zero-order valence-electron chi connectivity index (χ0n) is 20.6. The predicted molar refractivity (Wildman–Crippen MR) is 129 cm³/mol. The van der Waals surface area contributed by atoms with E-state index < -0.39 is 29.8 Å². The van der Waals surface area contributed by atoms with Crippen molar-refractivity contribution >= 4 is 11.6 Å². The van der Waals surface area contributed by atoms with Crippen LogP contribution in [0.5, 0.6) is 0 Å². The van der Waals surface area contributed by atoms with Gasteiger partial charge in [-0.15, -0.1) is 0 Å². The van der Waals surface area contributed by atoms with Gasteiger partial charge in [0.2, 0.25) is 5.95 Å². The minimum atomic E-state index is -4.42. The second-order valence-corrected chi connectivity index (χ2v) is 10.0. The highest BCUT2D eigenvalue weighted by Gasteiger charge is 2.36. The zero-order chi connectivity index (χ0) is 26.3. The van der Waals surface area contributed by atoms with Crippen molar-refractivity contribution in [3.63, 3.8) is 0 Å². The molecular weight excluding hydrogens is 504 g/mol. The van der Waals surface area contributed by atoms with Crippen LogP contribution in [0, 0.1) is 5.95 Å². The Hall–Kier alpha value is -1.74. The summed E-state index contributed by atoms with van der Waals surface area (Å²) in [7, 11) is 1.32. The second kappa shape index (κ2) is 13.2. The molecule has 0 saturated heterocycles. The molecule has 3 nitrogen and oxygen atoms in total. The van der Waals surface area contributed by atoms with E-state index in [1.165, 1.54) is 19.2 Å². The molecule has 0 unspecified atom stereocenters. The molecule has 0 spiro atoms. The normalized spacial score (nSPS) is 14.4. The van der Waals surface area contributed by atoms with Crippen LogP contribution in [0.15, 0.2) is 18.2 Å². The van der Waals surface area contributed by atoms with Gasteiger partial charge in [-0.2, -0.15) is 22.7 Å². The highest BCUT2D eigenvalue weighted by molar-refractivity contribution is 6.31. The number of rotatable bonds is 15. The summed E-state index contributed by atoms with van der Waals surface area (Å²) < 4.78 is 81.1. The number of hydrogen-bond acceptors (Lipinski definition) is 2. The van der Waals surface area contributed by atoms with Gasteiger partial charge in [0, 0.05) is 30.2 Å². The second-order valence-electron chi connectivity index (χ2n) is 9.62. The SMILES string of the molecule is Cn1nc(C(F)F)c(CCCCCCCCCCN(Cc2c(Cl)cccc2C(F)(F)F)C2CC2)c1F. The summed E-state index contributed by atoms with van der Waals surface area (Å²) in [6.45, 7) is 0.959. The lowest BCUT2D eigenvalue weighted by Gasteiger charge is -2.24. The lowest BCUT2D eigenvalue weighted by atomic mass is 10.0. The fraction of sp³-hybridized carbons (Fsp3) is 0.654. The standard InChI is InChI=1S/C26H34ClF6N3/c1-35-25(30)19(23(34-35)24(28)29)11-8-6-4-2-3-5-7-9-16-36(18-14-15-18)17-20-21(26(31,32)33)12-10-13-22(20)27/h10,12-13,18,24H,2-9,11,14-17H2,1H3. The Labute approximate surface area is 213 Å². The number of unbranched alkanes of at least 4 members (excludes halogenated alkanes) is 7. The van der Waals surface area contributed by atoms with Crippen LogP contribution in [0.3, 0.4) is 0 Å². The Balaban J connectivity index is 1.32. The van der Waals surface area contributed by atoms with Crippen LogP contribution in [0.1, 0.15) is 93.0 Å². The smallest absolute Gasteiger partial charge is 0.296 e. The Bertz CT molecular complexity index is 971. The Morgan fingerprint density at radius 3 is 2.19 bits per heavy atom. The van der Waals surface area contributed by atoms with Gasteiger partial charge in [0.1, 0.15) is 5.69 Å². The largest absolute Gasteiger partial charge is 0.416 e. The molecule has 0 atom stereocenters. The molecule has 1 aromatic carbocycles. The third-order valence-electron chi connectivity index (χ3n) is 6.78. The summed E-state index contributed by atoms with van der Waals surface area (Å²) in [6, 6.07) is 4.28. The maximum absolute atomic E-state index is 14.0. The van der Waals surface area contributed by atoms with Gasteiger partial charge in [-0.3, -0.25) is 4.90 Å². The van der Waals surface area contributed by atoms with E-state index in [0.717, 1.165) is 75.1 Å². The summed E-state index contributed by atoms with van der Waals surface area (Å²) in [5, 5.41) is 3.73. The van der Waals surface area contributed by atoms with Crippen molar-refractivity contribution < 1.29 is 26.3 Å². The van der Waals surface area contributed by atoms with Crippen LogP contribution >= 0.6 is 11.6 Å². The maximum atomic E-state index is 14.0. The van der Waals surface area contributed by atoms with E-state index >= 15 is 0 Å². The Morgan fingerprint density at radius 2 is 1.61 bits per heavy atom. The molecule has 1 aliphatic rings. The molecule has 0 N–H and O–H groups in total. The lowest BCUT2D eigenvalue weighted by Crippen LogP contribution is -2.28. The van der Waals surface area contributed by atoms with Crippen LogP contribution in [0.4, 0.5) is 26.3 Å². The van der Waals surface area contributed by atoms with E-state index in [4.69, 9.17) is 11.6 Å². The van der Waals surface area contributed by atoms with Crippen molar-refractivity contribution in [3.8, 4) is 0 Å². The number of aromatic nitrogens is 2. The first kappa shape index (κ1) is 28.8. The molecule has 1 aliphatic carbocycles. The van der Waals surface area contributed by atoms with Crippen molar-refractivity contribution in [1.82, 2.24) is 14.7 Å². The molecule has 0 radical (unpaired) electrons. The number of halogens is 7. The van der Waals surface area contributed by atoms with Gasteiger partial charge in [-0.1, -0.05) is 56.2 Å². The average molecular weight is 538 g/mol. The van der Waals surface area contributed by atoms with E-state index in [2.05, 4.69) is 10.00 Å². The molecule has 202 valence electrons. The molecular formula is C26H34ClF6N3. The average Bonchev–Trinajstić information content (AvgIpc) is 3.61. The lowest BCUT2D eigenvalue weighted by molar-refractivity contribution is -0.138. The molecule has 0 aliphatic heterocycles. The molecule has 10 heteroatoms. The molecule has 0 bridgehead atoms. The molecule has 0 amide bonds. The van der Waals surface area contributed by atoms with Crippen molar-refractivity contribution in [2.24, 2.45) is 7.05 Å². The summed E-state index contributed by atoms with van der Waals surface area (Å²) in [6.07, 6.45) is 2.50. The third-order valence-corrected chi connectivity index (χ3v) is 7.13. The summed E-state index contributed by atoms with van der Waals surface area (Å²) in [5.41, 5.74) is -0.936. The first-order valence-corrected chi connectivity index (χ1v) is 13.1. The highest BCUT2D eigenvalue weighted by atomic mass is 35.5. The molecule has 2 aromatic rings.